The fraction of sp³-hybridized carbons (Fsp3) is 0.385. The Hall–Kier alpha value is -1.77. The summed E-state index contributed by atoms with van der Waals surface area (Å²) < 4.78 is 49.9. The lowest BCUT2D eigenvalue weighted by Crippen LogP contribution is -2.11. The lowest BCUT2D eigenvalue weighted by atomic mass is 10.2. The van der Waals surface area contributed by atoms with Crippen LogP contribution in [-0.2, 0) is 9.59 Å². The molecule has 0 unspecified atom stereocenters. The number of carbonyl (C=O) groups is 2. The van der Waals surface area contributed by atoms with E-state index in [0.29, 0.717) is 12.8 Å². The molecule has 0 aliphatic carbocycles. The molecule has 0 aliphatic heterocycles. The van der Waals surface area contributed by atoms with Crippen LogP contribution in [0.5, 0.6) is 0 Å². The van der Waals surface area contributed by atoms with Gasteiger partial charge in [-0.25, -0.2) is 4.39 Å². The molecule has 0 fully saturated rings. The van der Waals surface area contributed by atoms with Crippen LogP contribution < -0.4 is 5.32 Å². The number of anilines is 1. The lowest BCUT2D eigenvalue weighted by Gasteiger charge is -2.09. The Morgan fingerprint density at radius 2 is 1.82 bits per heavy atom. The number of carbonyl (C=O) groups excluding carboxylic acids is 1. The maximum Gasteiger partial charge on any atom is 0.446 e. The molecule has 1 aromatic carbocycles. The van der Waals surface area contributed by atoms with Gasteiger partial charge in [-0.05, 0) is 42.8 Å². The number of hydrogen-bond donors (Lipinski definition) is 2. The van der Waals surface area contributed by atoms with E-state index < -0.39 is 39.9 Å². The van der Waals surface area contributed by atoms with E-state index in [1.165, 1.54) is 6.07 Å². The Labute approximate surface area is 127 Å². The first kappa shape index (κ1) is 18.3. The van der Waals surface area contributed by atoms with Gasteiger partial charge >= 0.3 is 11.5 Å². The standard InChI is InChI=1S/C13H13F4NO3S/c14-9-7-8(5-6-10(9)22-13(15,16)17)18-11(19)3-1-2-4-12(20)21/h5-7H,1-4H2,(H,18,19)(H,20,21). The number of amides is 1. The SMILES string of the molecule is O=C(O)CCCCC(=O)Nc1ccc(SC(F)(F)F)c(F)c1. The molecule has 22 heavy (non-hydrogen) atoms. The summed E-state index contributed by atoms with van der Waals surface area (Å²) in [6.45, 7) is 0. The van der Waals surface area contributed by atoms with Crippen molar-refractivity contribution in [3.63, 3.8) is 0 Å². The largest absolute Gasteiger partial charge is 0.481 e. The summed E-state index contributed by atoms with van der Waals surface area (Å²) in [5, 5.41) is 10.8. The summed E-state index contributed by atoms with van der Waals surface area (Å²) in [5.74, 6) is -2.49. The molecule has 0 aliphatic rings. The minimum Gasteiger partial charge on any atom is -0.481 e. The number of thioether (sulfide) groups is 1. The first-order valence-electron chi connectivity index (χ1n) is 6.24. The van der Waals surface area contributed by atoms with E-state index >= 15 is 0 Å². The van der Waals surface area contributed by atoms with Gasteiger partial charge in [0.15, 0.2) is 0 Å². The molecule has 0 spiro atoms. The Morgan fingerprint density at radius 3 is 2.36 bits per heavy atom. The van der Waals surface area contributed by atoms with Crippen LogP contribution in [-0.4, -0.2) is 22.5 Å². The first-order chi connectivity index (χ1) is 10.2. The van der Waals surface area contributed by atoms with Crippen molar-refractivity contribution in [1.82, 2.24) is 0 Å². The van der Waals surface area contributed by atoms with Gasteiger partial charge in [0.2, 0.25) is 5.91 Å². The minimum atomic E-state index is -4.59. The third-order valence-electron chi connectivity index (χ3n) is 2.49. The highest BCUT2D eigenvalue weighted by Crippen LogP contribution is 2.38. The number of alkyl halides is 3. The van der Waals surface area contributed by atoms with E-state index in [4.69, 9.17) is 5.11 Å². The third-order valence-corrected chi connectivity index (χ3v) is 3.27. The molecule has 0 heterocycles. The van der Waals surface area contributed by atoms with Crippen molar-refractivity contribution in [2.75, 3.05) is 5.32 Å². The predicted molar refractivity (Wildman–Crippen MR) is 73.0 cm³/mol. The van der Waals surface area contributed by atoms with Gasteiger partial charge in [0, 0.05) is 18.5 Å². The van der Waals surface area contributed by atoms with E-state index in [0.717, 1.165) is 12.1 Å². The van der Waals surface area contributed by atoms with Crippen molar-refractivity contribution in [1.29, 1.82) is 0 Å². The fourth-order valence-electron chi connectivity index (χ4n) is 1.57. The van der Waals surface area contributed by atoms with Crippen LogP contribution in [0.4, 0.5) is 23.2 Å². The number of halogens is 4. The van der Waals surface area contributed by atoms with Crippen LogP contribution in [0, 0.1) is 5.82 Å². The van der Waals surface area contributed by atoms with Gasteiger partial charge in [0.1, 0.15) is 5.82 Å². The number of unbranched alkanes of at least 4 members (excludes halogenated alkanes) is 1. The summed E-state index contributed by atoms with van der Waals surface area (Å²) in [6.07, 6.45) is 0.681. The Balaban J connectivity index is 2.51. The molecule has 0 atom stereocenters. The normalized spacial score (nSPS) is 11.3. The summed E-state index contributed by atoms with van der Waals surface area (Å²) in [7, 11) is 0. The molecule has 0 bridgehead atoms. The van der Waals surface area contributed by atoms with Crippen molar-refractivity contribution in [2.45, 2.75) is 36.1 Å². The summed E-state index contributed by atoms with van der Waals surface area (Å²) in [6, 6.07) is 2.92. The summed E-state index contributed by atoms with van der Waals surface area (Å²) >= 11 is -0.569. The molecule has 9 heteroatoms. The fourth-order valence-corrected chi connectivity index (χ4v) is 2.11. The van der Waals surface area contributed by atoms with Gasteiger partial charge in [0.25, 0.3) is 0 Å². The molecule has 0 saturated carbocycles. The second kappa shape index (κ2) is 8.02. The van der Waals surface area contributed by atoms with Crippen molar-refractivity contribution in [2.24, 2.45) is 0 Å². The van der Waals surface area contributed by atoms with Gasteiger partial charge in [-0.3, -0.25) is 9.59 Å². The van der Waals surface area contributed by atoms with E-state index in [9.17, 15) is 27.2 Å². The number of hydrogen-bond acceptors (Lipinski definition) is 3. The minimum absolute atomic E-state index is 0.0484. The number of nitrogens with one attached hydrogen (secondary N) is 1. The second-order valence-electron chi connectivity index (χ2n) is 4.34. The van der Waals surface area contributed by atoms with Crippen LogP contribution in [0.3, 0.4) is 0 Å². The highest BCUT2D eigenvalue weighted by Gasteiger charge is 2.30. The van der Waals surface area contributed by atoms with Gasteiger partial charge in [-0.1, -0.05) is 0 Å². The zero-order valence-corrected chi connectivity index (χ0v) is 12.1. The molecular weight excluding hydrogens is 326 g/mol. The zero-order chi connectivity index (χ0) is 16.8. The predicted octanol–water partition coefficient (Wildman–Crippen LogP) is 4.02. The van der Waals surface area contributed by atoms with Crippen LogP contribution in [0.25, 0.3) is 0 Å². The average Bonchev–Trinajstić information content (AvgIpc) is 2.36. The highest BCUT2D eigenvalue weighted by atomic mass is 32.2. The van der Waals surface area contributed by atoms with Crippen LogP contribution in [0.1, 0.15) is 25.7 Å². The quantitative estimate of drug-likeness (QED) is 0.447. The van der Waals surface area contributed by atoms with Gasteiger partial charge in [0.05, 0.1) is 4.90 Å². The number of carboxylic acids is 1. The van der Waals surface area contributed by atoms with Crippen molar-refractivity contribution in [3.8, 4) is 0 Å². The molecule has 0 aromatic heterocycles. The van der Waals surface area contributed by atoms with Crippen molar-refractivity contribution < 1.29 is 32.3 Å². The Kier molecular flexibility index (Phi) is 6.66. The molecule has 0 radical (unpaired) electrons. The van der Waals surface area contributed by atoms with Crippen LogP contribution in [0.15, 0.2) is 23.1 Å². The van der Waals surface area contributed by atoms with Crippen molar-refractivity contribution >= 4 is 29.3 Å². The maximum absolute atomic E-state index is 13.5. The number of rotatable bonds is 7. The van der Waals surface area contributed by atoms with Gasteiger partial charge in [-0.15, -0.1) is 0 Å². The molecular formula is C13H13F4NO3S. The number of carboxylic acid groups (broad SMARTS) is 1. The van der Waals surface area contributed by atoms with Gasteiger partial charge in [-0.2, -0.15) is 13.2 Å². The smallest absolute Gasteiger partial charge is 0.446 e. The summed E-state index contributed by atoms with van der Waals surface area (Å²) in [5.41, 5.74) is -4.54. The van der Waals surface area contributed by atoms with E-state index in [1.54, 1.807) is 0 Å². The van der Waals surface area contributed by atoms with E-state index in [1.807, 2.05) is 0 Å². The molecule has 1 aromatic rings. The van der Waals surface area contributed by atoms with Gasteiger partial charge < -0.3 is 10.4 Å². The van der Waals surface area contributed by atoms with E-state index in [2.05, 4.69) is 5.32 Å². The lowest BCUT2D eigenvalue weighted by molar-refractivity contribution is -0.137. The number of aliphatic carboxylic acids is 1. The van der Waals surface area contributed by atoms with Crippen LogP contribution in [0.2, 0.25) is 0 Å². The highest BCUT2D eigenvalue weighted by molar-refractivity contribution is 8.00. The molecule has 1 rings (SSSR count). The monoisotopic (exact) mass is 339 g/mol. The Morgan fingerprint density at radius 1 is 1.18 bits per heavy atom. The topological polar surface area (TPSA) is 66.4 Å². The molecule has 2 N–H and O–H groups in total. The average molecular weight is 339 g/mol. The zero-order valence-electron chi connectivity index (χ0n) is 11.2. The number of benzene rings is 1. The molecule has 4 nitrogen and oxygen atoms in total. The molecule has 0 saturated heterocycles. The Bertz CT molecular complexity index is 549. The van der Waals surface area contributed by atoms with Crippen LogP contribution >= 0.6 is 11.8 Å². The van der Waals surface area contributed by atoms with E-state index in [-0.39, 0.29) is 18.5 Å². The second-order valence-corrected chi connectivity index (χ2v) is 5.45. The summed E-state index contributed by atoms with van der Waals surface area (Å²) in [4.78, 5) is 21.2. The maximum atomic E-state index is 13.5. The molecule has 122 valence electrons. The third kappa shape index (κ3) is 7.30. The molecule has 1 amide bonds. The first-order valence-corrected chi connectivity index (χ1v) is 7.06. The van der Waals surface area contributed by atoms with Crippen molar-refractivity contribution in [3.05, 3.63) is 24.0 Å².